The second kappa shape index (κ2) is 10.0. The van der Waals surface area contributed by atoms with Crippen LogP contribution in [0.2, 0.25) is 0 Å². The molecule has 1 N–H and O–H groups in total. The maximum absolute atomic E-state index is 13.2. The Hall–Kier alpha value is -2.72. The fourth-order valence-corrected chi connectivity index (χ4v) is 5.40. The first kappa shape index (κ1) is 24.9. The number of benzene rings is 2. The quantitative estimate of drug-likeness (QED) is 0.559. The zero-order valence-corrected chi connectivity index (χ0v) is 21.0. The lowest BCUT2D eigenvalue weighted by molar-refractivity contribution is -0.140. The van der Waals surface area contributed by atoms with Crippen molar-refractivity contribution in [2.24, 2.45) is 0 Å². The number of halogens is 1. The second-order valence-corrected chi connectivity index (χ2v) is 10.9. The molecular formula is C23H26BrN3O5S. The van der Waals surface area contributed by atoms with E-state index in [9.17, 15) is 22.8 Å². The Morgan fingerprint density at radius 3 is 2.30 bits per heavy atom. The monoisotopic (exact) mass is 535 g/mol. The van der Waals surface area contributed by atoms with Crippen molar-refractivity contribution in [2.75, 3.05) is 6.54 Å². The van der Waals surface area contributed by atoms with E-state index in [0.717, 1.165) is 14.3 Å². The van der Waals surface area contributed by atoms with E-state index >= 15 is 0 Å². The molecule has 0 saturated carbocycles. The van der Waals surface area contributed by atoms with Crippen molar-refractivity contribution in [3.63, 3.8) is 0 Å². The van der Waals surface area contributed by atoms with E-state index in [2.05, 4.69) is 21.2 Å². The summed E-state index contributed by atoms with van der Waals surface area (Å²) in [6, 6.07) is 12.4. The summed E-state index contributed by atoms with van der Waals surface area (Å²) in [7, 11) is -4.00. The molecule has 0 unspecified atom stereocenters. The van der Waals surface area contributed by atoms with Crippen molar-refractivity contribution >= 4 is 43.7 Å². The molecule has 1 heterocycles. The zero-order chi connectivity index (χ0) is 24.3. The number of carbonyl (C=O) groups is 3. The van der Waals surface area contributed by atoms with E-state index in [0.29, 0.717) is 0 Å². The Labute approximate surface area is 202 Å². The summed E-state index contributed by atoms with van der Waals surface area (Å²) >= 11 is 3.37. The number of nitrogens with zero attached hydrogens (tertiary/aromatic N) is 2. The number of rotatable bonds is 8. The summed E-state index contributed by atoms with van der Waals surface area (Å²) in [6.07, 6.45) is -0.241. The van der Waals surface area contributed by atoms with E-state index < -0.39 is 27.9 Å². The molecule has 0 aromatic heterocycles. The van der Waals surface area contributed by atoms with Gasteiger partial charge in [0.05, 0.1) is 5.56 Å². The van der Waals surface area contributed by atoms with E-state index in [-0.39, 0.29) is 41.9 Å². The van der Waals surface area contributed by atoms with Crippen LogP contribution in [0.1, 0.15) is 43.1 Å². The number of sulfonamides is 1. The van der Waals surface area contributed by atoms with Crippen LogP contribution >= 0.6 is 15.9 Å². The highest BCUT2D eigenvalue weighted by Gasteiger charge is 2.41. The molecule has 0 aliphatic carbocycles. The second-order valence-electron chi connectivity index (χ2n) is 8.12. The van der Waals surface area contributed by atoms with Gasteiger partial charge in [-0.3, -0.25) is 14.4 Å². The highest BCUT2D eigenvalue weighted by Crippen LogP contribution is 2.30. The lowest BCUT2D eigenvalue weighted by atomic mass is 10.1. The Balaban J connectivity index is 1.79. The molecule has 33 heavy (non-hydrogen) atoms. The summed E-state index contributed by atoms with van der Waals surface area (Å²) < 4.78 is 27.2. The fourth-order valence-electron chi connectivity index (χ4n) is 3.57. The van der Waals surface area contributed by atoms with E-state index in [1.165, 1.54) is 17.0 Å². The number of hydrogen-bond donors (Lipinski definition) is 1. The van der Waals surface area contributed by atoms with Crippen LogP contribution in [0, 0.1) is 0 Å². The molecule has 2 aromatic carbocycles. The summed E-state index contributed by atoms with van der Waals surface area (Å²) in [5.41, 5.74) is 0.911. The first-order valence-electron chi connectivity index (χ1n) is 10.5. The first-order valence-corrected chi connectivity index (χ1v) is 12.8. The number of fused-ring (bicyclic) bond motifs is 1. The van der Waals surface area contributed by atoms with Gasteiger partial charge >= 0.3 is 0 Å². The van der Waals surface area contributed by atoms with E-state index in [4.69, 9.17) is 0 Å². The molecule has 8 nitrogen and oxygen atoms in total. The summed E-state index contributed by atoms with van der Waals surface area (Å²) in [4.78, 5) is 39.8. The Morgan fingerprint density at radius 2 is 1.70 bits per heavy atom. The molecule has 3 rings (SSSR count). The summed E-state index contributed by atoms with van der Waals surface area (Å²) in [5.74, 6) is -1.39. The van der Waals surface area contributed by atoms with Crippen molar-refractivity contribution in [1.29, 1.82) is 0 Å². The normalized spacial score (nSPS) is 15.3. The third-order valence-electron chi connectivity index (χ3n) is 5.31. The van der Waals surface area contributed by atoms with Gasteiger partial charge in [-0.2, -0.15) is 0 Å². The highest BCUT2D eigenvalue weighted by molar-refractivity contribution is 9.10. The largest absolute Gasteiger partial charge is 0.352 e. The van der Waals surface area contributed by atoms with Gasteiger partial charge in [0.15, 0.2) is 0 Å². The zero-order valence-electron chi connectivity index (χ0n) is 18.6. The van der Waals surface area contributed by atoms with Crippen LogP contribution < -0.4 is 5.32 Å². The van der Waals surface area contributed by atoms with Gasteiger partial charge in [0.25, 0.3) is 15.9 Å². The molecule has 0 saturated heterocycles. The van der Waals surface area contributed by atoms with Gasteiger partial charge in [-0.1, -0.05) is 40.2 Å². The van der Waals surface area contributed by atoms with Crippen LogP contribution in [0.25, 0.3) is 0 Å². The smallest absolute Gasteiger partial charge is 0.269 e. The molecule has 1 atom stereocenters. The fraction of sp³-hybridized carbons (Fsp3) is 0.348. The van der Waals surface area contributed by atoms with Gasteiger partial charge in [0, 0.05) is 30.0 Å². The van der Waals surface area contributed by atoms with Crippen LogP contribution in [0.4, 0.5) is 0 Å². The van der Waals surface area contributed by atoms with Gasteiger partial charge in [-0.05, 0) is 50.6 Å². The maximum Gasteiger partial charge on any atom is 0.269 e. The highest BCUT2D eigenvalue weighted by atomic mass is 79.9. The van der Waals surface area contributed by atoms with Crippen molar-refractivity contribution in [3.05, 3.63) is 64.1 Å². The van der Waals surface area contributed by atoms with E-state index in [1.807, 2.05) is 38.1 Å². The first-order chi connectivity index (χ1) is 15.5. The Kier molecular flexibility index (Phi) is 7.58. The molecule has 0 radical (unpaired) electrons. The lowest BCUT2D eigenvalue weighted by Crippen LogP contribution is -2.49. The Bertz CT molecular complexity index is 1160. The van der Waals surface area contributed by atoms with Crippen LogP contribution in [0.5, 0.6) is 0 Å². The average Bonchev–Trinajstić information content (AvgIpc) is 2.96. The topological polar surface area (TPSA) is 104 Å². The molecule has 3 amide bonds. The van der Waals surface area contributed by atoms with Gasteiger partial charge < -0.3 is 10.2 Å². The van der Waals surface area contributed by atoms with Crippen molar-refractivity contribution < 1.29 is 22.8 Å². The molecule has 1 aliphatic heterocycles. The molecule has 0 fully saturated rings. The summed E-state index contributed by atoms with van der Waals surface area (Å²) in [6.45, 7) is 5.14. The number of nitrogens with one attached hydrogen (secondary N) is 1. The Morgan fingerprint density at radius 1 is 1.06 bits per heavy atom. The number of hydrogen-bond acceptors (Lipinski definition) is 5. The van der Waals surface area contributed by atoms with Gasteiger partial charge in [-0.15, -0.1) is 0 Å². The molecular weight excluding hydrogens is 510 g/mol. The van der Waals surface area contributed by atoms with Crippen LogP contribution in [-0.4, -0.2) is 54.0 Å². The van der Waals surface area contributed by atoms with E-state index in [1.54, 1.807) is 19.1 Å². The minimum Gasteiger partial charge on any atom is -0.352 e. The molecule has 176 valence electrons. The van der Waals surface area contributed by atoms with Crippen LogP contribution in [-0.2, 0) is 26.2 Å². The van der Waals surface area contributed by atoms with Crippen molar-refractivity contribution in [2.45, 2.75) is 50.7 Å². The SMILES string of the molecule is CC(C)NC(=O)[C@H](C)N(Cc1ccc(Br)cc1)C(=O)CCN1C(=O)c2ccccc2S1(=O)=O. The predicted molar refractivity (Wildman–Crippen MR) is 127 cm³/mol. The summed E-state index contributed by atoms with van der Waals surface area (Å²) in [5, 5.41) is 2.80. The minimum atomic E-state index is -4.00. The number of carbonyl (C=O) groups excluding carboxylic acids is 3. The van der Waals surface area contributed by atoms with Crippen molar-refractivity contribution in [3.8, 4) is 0 Å². The van der Waals surface area contributed by atoms with Gasteiger partial charge in [0.2, 0.25) is 11.8 Å². The van der Waals surface area contributed by atoms with Crippen LogP contribution in [0.15, 0.2) is 57.9 Å². The number of amides is 3. The maximum atomic E-state index is 13.2. The molecule has 10 heteroatoms. The van der Waals surface area contributed by atoms with Gasteiger partial charge in [0.1, 0.15) is 10.9 Å². The lowest BCUT2D eigenvalue weighted by Gasteiger charge is -2.30. The van der Waals surface area contributed by atoms with Gasteiger partial charge in [-0.25, -0.2) is 12.7 Å². The van der Waals surface area contributed by atoms with Crippen LogP contribution in [0.3, 0.4) is 0 Å². The molecule has 0 spiro atoms. The average molecular weight is 536 g/mol. The standard InChI is InChI=1S/C23H26BrN3O5S/c1-15(2)25-22(29)16(3)26(14-17-8-10-18(24)11-9-17)21(28)12-13-27-23(30)19-6-4-5-7-20(19)33(27,31)32/h4-11,15-16H,12-14H2,1-3H3,(H,25,29)/t16-/m0/s1. The predicted octanol–water partition coefficient (Wildman–Crippen LogP) is 2.93. The molecule has 1 aliphatic rings. The molecule has 0 bridgehead atoms. The minimum absolute atomic E-state index is 0.0566. The third kappa shape index (κ3) is 5.44. The van der Waals surface area contributed by atoms with Crippen molar-refractivity contribution in [1.82, 2.24) is 14.5 Å². The molecule has 2 aromatic rings. The third-order valence-corrected chi connectivity index (χ3v) is 7.67.